The van der Waals surface area contributed by atoms with E-state index in [0.29, 0.717) is 0 Å². The van der Waals surface area contributed by atoms with Crippen LogP contribution in [0.5, 0.6) is 0 Å². The highest BCUT2D eigenvalue weighted by molar-refractivity contribution is 6.74. The van der Waals surface area contributed by atoms with Crippen molar-refractivity contribution in [1.82, 2.24) is 0 Å². The molecule has 0 heterocycles. The zero-order chi connectivity index (χ0) is 12.1. The van der Waals surface area contributed by atoms with Gasteiger partial charge in [0.05, 0.1) is 6.10 Å². The lowest BCUT2D eigenvalue weighted by Gasteiger charge is -2.39. The summed E-state index contributed by atoms with van der Waals surface area (Å²) in [5.74, 6) is 2.72. The topological polar surface area (TPSA) is 9.23 Å². The van der Waals surface area contributed by atoms with Crippen molar-refractivity contribution in [2.24, 2.45) is 0 Å². The summed E-state index contributed by atoms with van der Waals surface area (Å²) in [6.07, 6.45) is 8.61. The predicted molar refractivity (Wildman–Crippen MR) is 70.4 cm³/mol. The monoisotopic (exact) mass is 226 g/mol. The largest absolute Gasteiger partial charge is 0.413 e. The Morgan fingerprint density at radius 2 is 1.87 bits per heavy atom. The van der Waals surface area contributed by atoms with Gasteiger partial charge < -0.3 is 4.43 Å². The van der Waals surface area contributed by atoms with E-state index in [0.717, 1.165) is 19.3 Å². The predicted octanol–water partition coefficient (Wildman–Crippen LogP) is 4.20. The summed E-state index contributed by atoms with van der Waals surface area (Å²) in [5.41, 5.74) is 0. The SMILES string of the molecule is C#CC[C@H](CCC)O[Si](C)(C)C(C)(C)C. The molecule has 0 aliphatic rings. The van der Waals surface area contributed by atoms with Gasteiger partial charge in [-0.1, -0.05) is 34.1 Å². The number of terminal acetylenes is 1. The molecule has 0 saturated carbocycles. The van der Waals surface area contributed by atoms with Crippen LogP contribution in [0.4, 0.5) is 0 Å². The molecule has 15 heavy (non-hydrogen) atoms. The normalized spacial score (nSPS) is 14.7. The number of hydrogen-bond acceptors (Lipinski definition) is 1. The van der Waals surface area contributed by atoms with Crippen molar-refractivity contribution in [2.75, 3.05) is 0 Å². The van der Waals surface area contributed by atoms with Crippen molar-refractivity contribution >= 4 is 8.32 Å². The minimum atomic E-state index is -1.64. The maximum atomic E-state index is 6.28. The van der Waals surface area contributed by atoms with Crippen molar-refractivity contribution in [3.63, 3.8) is 0 Å². The summed E-state index contributed by atoms with van der Waals surface area (Å²) in [7, 11) is -1.64. The number of rotatable bonds is 5. The molecule has 0 aromatic carbocycles. The van der Waals surface area contributed by atoms with Crippen LogP contribution >= 0.6 is 0 Å². The minimum Gasteiger partial charge on any atom is -0.413 e. The molecule has 0 spiro atoms. The van der Waals surface area contributed by atoms with E-state index in [9.17, 15) is 0 Å². The second-order valence-corrected chi connectivity index (χ2v) is 10.5. The Labute approximate surface area is 96.7 Å². The van der Waals surface area contributed by atoms with Crippen LogP contribution < -0.4 is 0 Å². The third-order valence-corrected chi connectivity index (χ3v) is 7.76. The minimum absolute atomic E-state index is 0.265. The van der Waals surface area contributed by atoms with Crippen molar-refractivity contribution < 1.29 is 4.43 Å². The molecular formula is C13H26OSi. The Hall–Kier alpha value is -0.263. The van der Waals surface area contributed by atoms with Crippen molar-refractivity contribution in [1.29, 1.82) is 0 Å². The second kappa shape index (κ2) is 5.72. The first kappa shape index (κ1) is 14.7. The third kappa shape index (κ3) is 4.86. The molecule has 1 nitrogen and oxygen atoms in total. The van der Waals surface area contributed by atoms with E-state index in [-0.39, 0.29) is 11.1 Å². The second-order valence-electron chi connectivity index (χ2n) is 5.70. The molecule has 0 aromatic rings. The molecule has 0 bridgehead atoms. The standard InChI is InChI=1S/C13H26OSi/c1-8-10-12(11-9-2)14-15(6,7)13(3,4)5/h1,12H,9-11H2,2-7H3/t12-/m1/s1. The molecular weight excluding hydrogens is 200 g/mol. The quantitative estimate of drug-likeness (QED) is 0.504. The van der Waals surface area contributed by atoms with E-state index in [1.807, 2.05) is 0 Å². The molecule has 1 atom stereocenters. The van der Waals surface area contributed by atoms with Crippen LogP contribution in [-0.2, 0) is 4.43 Å². The van der Waals surface area contributed by atoms with Gasteiger partial charge in [0.2, 0.25) is 0 Å². The first-order chi connectivity index (χ1) is 6.74. The van der Waals surface area contributed by atoms with E-state index in [2.05, 4.69) is 46.7 Å². The molecule has 0 amide bonds. The average molecular weight is 226 g/mol. The van der Waals surface area contributed by atoms with Gasteiger partial charge in [0.25, 0.3) is 0 Å². The Balaban J connectivity index is 4.46. The van der Waals surface area contributed by atoms with Crippen molar-refractivity contribution in [3.05, 3.63) is 0 Å². The smallest absolute Gasteiger partial charge is 0.192 e. The van der Waals surface area contributed by atoms with Crippen molar-refractivity contribution in [2.45, 2.75) is 71.2 Å². The lowest BCUT2D eigenvalue weighted by Crippen LogP contribution is -2.43. The molecule has 88 valence electrons. The highest BCUT2D eigenvalue weighted by Gasteiger charge is 2.38. The zero-order valence-corrected chi connectivity index (χ0v) is 12.2. The highest BCUT2D eigenvalue weighted by atomic mass is 28.4. The van der Waals surface area contributed by atoms with E-state index < -0.39 is 8.32 Å². The van der Waals surface area contributed by atoms with Crippen LogP contribution in [-0.4, -0.2) is 14.4 Å². The van der Waals surface area contributed by atoms with Gasteiger partial charge in [0.15, 0.2) is 8.32 Å². The molecule has 0 radical (unpaired) electrons. The van der Waals surface area contributed by atoms with E-state index in [4.69, 9.17) is 10.8 Å². The molecule has 0 aromatic heterocycles. The average Bonchev–Trinajstić information content (AvgIpc) is 2.02. The van der Waals surface area contributed by atoms with Gasteiger partial charge in [-0.3, -0.25) is 0 Å². The molecule has 0 fully saturated rings. The van der Waals surface area contributed by atoms with Gasteiger partial charge in [-0.2, -0.15) is 0 Å². The van der Waals surface area contributed by atoms with Gasteiger partial charge in [0.1, 0.15) is 0 Å². The summed E-state index contributed by atoms with van der Waals surface area (Å²) in [4.78, 5) is 0. The Kier molecular flexibility index (Phi) is 5.62. The molecule has 0 N–H and O–H groups in total. The maximum absolute atomic E-state index is 6.28. The molecule has 0 unspecified atom stereocenters. The third-order valence-electron chi connectivity index (χ3n) is 3.22. The van der Waals surface area contributed by atoms with Crippen LogP contribution in [0.2, 0.25) is 18.1 Å². The van der Waals surface area contributed by atoms with Gasteiger partial charge >= 0.3 is 0 Å². The van der Waals surface area contributed by atoms with E-state index >= 15 is 0 Å². The van der Waals surface area contributed by atoms with Gasteiger partial charge in [-0.05, 0) is 24.6 Å². The summed E-state index contributed by atoms with van der Waals surface area (Å²) < 4.78 is 6.28. The van der Waals surface area contributed by atoms with Crippen molar-refractivity contribution in [3.8, 4) is 12.3 Å². The molecule has 0 rings (SSSR count). The summed E-state index contributed by atoms with van der Waals surface area (Å²) in [6, 6.07) is 0. The Morgan fingerprint density at radius 1 is 1.33 bits per heavy atom. The summed E-state index contributed by atoms with van der Waals surface area (Å²) >= 11 is 0. The lowest BCUT2D eigenvalue weighted by molar-refractivity contribution is 0.175. The fourth-order valence-electron chi connectivity index (χ4n) is 1.25. The van der Waals surface area contributed by atoms with Gasteiger partial charge in [-0.25, -0.2) is 0 Å². The van der Waals surface area contributed by atoms with Crippen LogP contribution in [0, 0.1) is 12.3 Å². The Morgan fingerprint density at radius 3 is 2.20 bits per heavy atom. The van der Waals surface area contributed by atoms with E-state index in [1.54, 1.807) is 0 Å². The summed E-state index contributed by atoms with van der Waals surface area (Å²) in [6.45, 7) is 13.5. The lowest BCUT2D eigenvalue weighted by atomic mass is 10.1. The Bertz CT molecular complexity index is 220. The van der Waals surface area contributed by atoms with Crippen LogP contribution in [0.25, 0.3) is 0 Å². The molecule has 0 aliphatic carbocycles. The molecule has 2 heteroatoms. The maximum Gasteiger partial charge on any atom is 0.192 e. The number of hydrogen-bond donors (Lipinski definition) is 0. The highest BCUT2D eigenvalue weighted by Crippen LogP contribution is 2.38. The zero-order valence-electron chi connectivity index (χ0n) is 11.2. The first-order valence-electron chi connectivity index (χ1n) is 5.86. The van der Waals surface area contributed by atoms with Crippen LogP contribution in [0.15, 0.2) is 0 Å². The van der Waals surface area contributed by atoms with Crippen LogP contribution in [0.1, 0.15) is 47.0 Å². The fourth-order valence-corrected chi connectivity index (χ4v) is 2.64. The summed E-state index contributed by atoms with van der Waals surface area (Å²) in [5, 5.41) is 0.271. The molecule has 0 saturated heterocycles. The van der Waals surface area contributed by atoms with Gasteiger partial charge in [-0.15, -0.1) is 12.3 Å². The van der Waals surface area contributed by atoms with Gasteiger partial charge in [0, 0.05) is 6.42 Å². The fraction of sp³-hybridized carbons (Fsp3) is 0.846. The van der Waals surface area contributed by atoms with E-state index in [1.165, 1.54) is 0 Å². The first-order valence-corrected chi connectivity index (χ1v) is 8.76. The van der Waals surface area contributed by atoms with Crippen LogP contribution in [0.3, 0.4) is 0 Å². The molecule has 0 aliphatic heterocycles.